The van der Waals surface area contributed by atoms with Gasteiger partial charge in [-0.05, 0) is 60.6 Å². The highest BCUT2D eigenvalue weighted by Gasteiger charge is 2.16. The summed E-state index contributed by atoms with van der Waals surface area (Å²) < 4.78 is 0. The monoisotopic (exact) mass is 391 g/mol. The molecule has 1 aliphatic carbocycles. The fraction of sp³-hybridized carbons (Fsp3) is 0.375. The summed E-state index contributed by atoms with van der Waals surface area (Å²) in [6.07, 6.45) is 18.0. The summed E-state index contributed by atoms with van der Waals surface area (Å²) in [4.78, 5) is 30.5. The molecule has 0 atom stereocenters. The molecule has 5 heteroatoms. The summed E-state index contributed by atoms with van der Waals surface area (Å²) in [7, 11) is 0. The molecule has 5 nitrogen and oxygen atoms in total. The Balaban J connectivity index is 1.53. The van der Waals surface area contributed by atoms with Gasteiger partial charge in [-0.3, -0.25) is 9.59 Å². The van der Waals surface area contributed by atoms with Crippen molar-refractivity contribution in [3.8, 4) is 0 Å². The van der Waals surface area contributed by atoms with Crippen molar-refractivity contribution in [2.24, 2.45) is 5.92 Å². The van der Waals surface area contributed by atoms with E-state index in [1.54, 1.807) is 24.4 Å². The predicted octanol–water partition coefficient (Wildman–Crippen LogP) is 4.51. The van der Waals surface area contributed by atoms with Crippen molar-refractivity contribution in [3.05, 3.63) is 65.4 Å². The molecule has 1 aliphatic heterocycles. The number of hydrogen-bond donors (Lipinski definition) is 1. The highest BCUT2D eigenvalue weighted by atomic mass is 16.2. The number of hydrogen-bond acceptors (Lipinski definition) is 3. The van der Waals surface area contributed by atoms with E-state index in [-0.39, 0.29) is 17.7 Å². The first-order valence-electron chi connectivity index (χ1n) is 10.3. The second kappa shape index (κ2) is 10.0. The zero-order chi connectivity index (χ0) is 20.6. The van der Waals surface area contributed by atoms with Crippen LogP contribution in [0.25, 0.3) is 6.08 Å². The average molecular weight is 392 g/mol. The molecule has 2 heterocycles. The molecular formula is C24H29N3O2. The number of nitrogens with one attached hydrogen (secondary N) is 1. The van der Waals surface area contributed by atoms with Crippen molar-refractivity contribution < 1.29 is 9.59 Å². The lowest BCUT2D eigenvalue weighted by molar-refractivity contribution is -0.125. The van der Waals surface area contributed by atoms with Crippen LogP contribution in [0.5, 0.6) is 0 Å². The lowest BCUT2D eigenvalue weighted by Crippen LogP contribution is -2.30. The summed E-state index contributed by atoms with van der Waals surface area (Å²) in [5, 5.41) is 2.76. The molecule has 1 aromatic rings. The second-order valence-corrected chi connectivity index (χ2v) is 7.69. The number of rotatable bonds is 5. The van der Waals surface area contributed by atoms with Gasteiger partial charge in [-0.25, -0.2) is 4.98 Å². The van der Waals surface area contributed by atoms with Crippen LogP contribution in [0.15, 0.2) is 59.9 Å². The van der Waals surface area contributed by atoms with Gasteiger partial charge in [0, 0.05) is 31.3 Å². The molecule has 1 aromatic heterocycles. The smallest absolute Gasteiger partial charge is 0.246 e. The highest BCUT2D eigenvalue weighted by Crippen LogP contribution is 2.23. The van der Waals surface area contributed by atoms with E-state index >= 15 is 0 Å². The van der Waals surface area contributed by atoms with Crippen LogP contribution in [0.4, 0.5) is 5.82 Å². The van der Waals surface area contributed by atoms with Gasteiger partial charge in [0.1, 0.15) is 5.82 Å². The van der Waals surface area contributed by atoms with E-state index < -0.39 is 0 Å². The number of nitrogens with zero attached hydrogens (tertiary/aromatic N) is 2. The fourth-order valence-electron chi connectivity index (χ4n) is 3.32. The van der Waals surface area contributed by atoms with Crippen molar-refractivity contribution in [2.45, 2.75) is 39.5 Å². The SMILES string of the molecule is CC(C)C(=O)Nc1ccc(/C=C/C(=O)N2CCC=C(C3=CCCC=C3)CC2)cn1. The van der Waals surface area contributed by atoms with Crippen LogP contribution in [0, 0.1) is 5.92 Å². The molecule has 0 aromatic carbocycles. The minimum absolute atomic E-state index is 0.0185. The van der Waals surface area contributed by atoms with Crippen LogP contribution >= 0.6 is 0 Å². The summed E-state index contributed by atoms with van der Waals surface area (Å²) in [6, 6.07) is 3.59. The summed E-state index contributed by atoms with van der Waals surface area (Å²) in [5.74, 6) is 0.377. The lowest BCUT2D eigenvalue weighted by Gasteiger charge is -2.19. The van der Waals surface area contributed by atoms with Crippen molar-refractivity contribution in [2.75, 3.05) is 18.4 Å². The van der Waals surface area contributed by atoms with E-state index in [4.69, 9.17) is 0 Å². The first kappa shape index (κ1) is 20.8. The van der Waals surface area contributed by atoms with Gasteiger partial charge in [-0.1, -0.05) is 38.2 Å². The molecule has 0 bridgehead atoms. The molecule has 0 radical (unpaired) electrons. The van der Waals surface area contributed by atoms with Crippen molar-refractivity contribution >= 4 is 23.7 Å². The van der Waals surface area contributed by atoms with Gasteiger partial charge in [0.25, 0.3) is 0 Å². The number of allylic oxidation sites excluding steroid dienone is 4. The van der Waals surface area contributed by atoms with E-state index in [1.807, 2.05) is 24.8 Å². The number of amides is 2. The predicted molar refractivity (Wildman–Crippen MR) is 117 cm³/mol. The number of aromatic nitrogens is 1. The Morgan fingerprint density at radius 2 is 2.00 bits per heavy atom. The average Bonchev–Trinajstić information content (AvgIpc) is 3.00. The molecule has 152 valence electrons. The summed E-state index contributed by atoms with van der Waals surface area (Å²) in [6.45, 7) is 5.14. The van der Waals surface area contributed by atoms with Gasteiger partial charge in [0.05, 0.1) is 0 Å². The van der Waals surface area contributed by atoms with Gasteiger partial charge < -0.3 is 10.2 Å². The third-order valence-electron chi connectivity index (χ3n) is 5.10. The molecule has 1 N–H and O–H groups in total. The van der Waals surface area contributed by atoms with Crippen molar-refractivity contribution in [1.29, 1.82) is 0 Å². The first-order chi connectivity index (χ1) is 14.0. The minimum Gasteiger partial charge on any atom is -0.339 e. The van der Waals surface area contributed by atoms with Gasteiger partial charge in [0.15, 0.2) is 0 Å². The maximum Gasteiger partial charge on any atom is 0.246 e. The van der Waals surface area contributed by atoms with Crippen LogP contribution in [0.3, 0.4) is 0 Å². The largest absolute Gasteiger partial charge is 0.339 e. The van der Waals surface area contributed by atoms with Crippen LogP contribution < -0.4 is 5.32 Å². The molecule has 0 unspecified atom stereocenters. The highest BCUT2D eigenvalue weighted by molar-refractivity contribution is 5.92. The van der Waals surface area contributed by atoms with Crippen molar-refractivity contribution in [3.63, 3.8) is 0 Å². The molecule has 2 aliphatic rings. The van der Waals surface area contributed by atoms with Gasteiger partial charge in [-0.2, -0.15) is 0 Å². The molecule has 29 heavy (non-hydrogen) atoms. The Morgan fingerprint density at radius 3 is 2.69 bits per heavy atom. The molecule has 2 amide bonds. The van der Waals surface area contributed by atoms with Crippen LogP contribution in [-0.2, 0) is 9.59 Å². The molecule has 0 spiro atoms. The molecule has 0 fully saturated rings. The third-order valence-corrected chi connectivity index (χ3v) is 5.10. The van der Waals surface area contributed by atoms with Gasteiger partial charge >= 0.3 is 0 Å². The second-order valence-electron chi connectivity index (χ2n) is 7.69. The number of carbonyl (C=O) groups is 2. The first-order valence-corrected chi connectivity index (χ1v) is 10.3. The van der Waals surface area contributed by atoms with Gasteiger partial charge in [0.2, 0.25) is 11.8 Å². The molecule has 3 rings (SSSR count). The van der Waals surface area contributed by atoms with Gasteiger partial charge in [-0.15, -0.1) is 0 Å². The minimum atomic E-state index is -0.0944. The van der Waals surface area contributed by atoms with Crippen LogP contribution in [0.1, 0.15) is 45.1 Å². The molecular weight excluding hydrogens is 362 g/mol. The third kappa shape index (κ3) is 6.01. The number of carbonyl (C=O) groups excluding carboxylic acids is 2. The van der Waals surface area contributed by atoms with E-state index in [9.17, 15) is 9.59 Å². The normalized spacial score (nSPS) is 17.1. The fourth-order valence-corrected chi connectivity index (χ4v) is 3.32. The quantitative estimate of drug-likeness (QED) is 0.751. The Hall–Kier alpha value is -2.95. The maximum absolute atomic E-state index is 12.6. The Kier molecular flexibility index (Phi) is 7.17. The Bertz CT molecular complexity index is 861. The van der Waals surface area contributed by atoms with E-state index in [0.717, 1.165) is 44.3 Å². The number of pyridine rings is 1. The van der Waals surface area contributed by atoms with Crippen molar-refractivity contribution in [1.82, 2.24) is 9.88 Å². The zero-order valence-corrected chi connectivity index (χ0v) is 17.2. The molecule has 0 saturated heterocycles. The summed E-state index contributed by atoms with van der Waals surface area (Å²) >= 11 is 0. The van der Waals surface area contributed by atoms with E-state index in [0.29, 0.717) is 5.82 Å². The molecule has 0 saturated carbocycles. The zero-order valence-electron chi connectivity index (χ0n) is 17.2. The Morgan fingerprint density at radius 1 is 1.14 bits per heavy atom. The van der Waals surface area contributed by atoms with Crippen LogP contribution in [0.2, 0.25) is 0 Å². The standard InChI is InChI=1S/C24H29N3O2/c1-18(2)24(29)26-22-12-10-19(17-25-22)11-13-23(28)27-15-6-9-21(14-16-27)20-7-4-3-5-8-20/h4,7-13,17-18H,3,5-6,14-16H2,1-2H3,(H,25,26,29)/b13-11+. The van der Waals surface area contributed by atoms with Crippen LogP contribution in [-0.4, -0.2) is 34.8 Å². The lowest BCUT2D eigenvalue weighted by atomic mass is 9.97. The van der Waals surface area contributed by atoms with E-state index in [2.05, 4.69) is 34.6 Å². The maximum atomic E-state index is 12.6. The topological polar surface area (TPSA) is 62.3 Å². The Labute approximate surface area is 172 Å². The summed E-state index contributed by atoms with van der Waals surface area (Å²) in [5.41, 5.74) is 3.49. The number of anilines is 1. The van der Waals surface area contributed by atoms with E-state index in [1.165, 1.54) is 11.1 Å².